The molecule has 1 atom stereocenters. The van der Waals surface area contributed by atoms with Gasteiger partial charge in [0.15, 0.2) is 5.78 Å². The first kappa shape index (κ1) is 38.7. The van der Waals surface area contributed by atoms with Gasteiger partial charge < -0.3 is 30.5 Å². The monoisotopic (exact) mass is 819 g/mol. The summed E-state index contributed by atoms with van der Waals surface area (Å²) < 4.78 is 19.8. The molecule has 266 valence electrons. The molecule has 1 saturated heterocycles. The predicted molar refractivity (Wildman–Crippen MR) is 191 cm³/mol. The van der Waals surface area contributed by atoms with Crippen LogP contribution in [0.1, 0.15) is 60.0 Å². The number of nitrogens with one attached hydrogen (secondary N) is 2. The van der Waals surface area contributed by atoms with Gasteiger partial charge in [-0.15, -0.1) is 0 Å². The van der Waals surface area contributed by atoms with Crippen LogP contribution in [-0.4, -0.2) is 76.9 Å². The van der Waals surface area contributed by atoms with Gasteiger partial charge in [-0.3, -0.25) is 19.2 Å². The van der Waals surface area contributed by atoms with Crippen molar-refractivity contribution in [2.45, 2.75) is 56.6 Å². The highest BCUT2D eigenvalue weighted by molar-refractivity contribution is 14.1. The van der Waals surface area contributed by atoms with Crippen molar-refractivity contribution in [1.29, 1.82) is 0 Å². The molecule has 1 aliphatic rings. The number of carbonyl (C=O) groups excluding carboxylic acids is 4. The first-order valence-corrected chi connectivity index (χ1v) is 17.5. The normalized spacial score (nSPS) is 14.7. The molecule has 1 fully saturated rings. The Morgan fingerprint density at radius 1 is 0.940 bits per heavy atom. The summed E-state index contributed by atoms with van der Waals surface area (Å²) in [4.78, 5) is 64.4. The van der Waals surface area contributed by atoms with E-state index in [0.29, 0.717) is 65.0 Å². The van der Waals surface area contributed by atoms with Crippen molar-refractivity contribution >= 4 is 63.7 Å². The van der Waals surface area contributed by atoms with Gasteiger partial charge in [0, 0.05) is 55.8 Å². The van der Waals surface area contributed by atoms with E-state index >= 15 is 0 Å². The number of benzene rings is 3. The summed E-state index contributed by atoms with van der Waals surface area (Å²) in [6.45, 7) is 1.37. The van der Waals surface area contributed by atoms with Gasteiger partial charge in [-0.25, -0.2) is 9.18 Å². The van der Waals surface area contributed by atoms with Crippen LogP contribution in [0.3, 0.4) is 0 Å². The molecule has 0 spiro atoms. The average Bonchev–Trinajstić information content (AvgIpc) is 3.09. The van der Waals surface area contributed by atoms with Gasteiger partial charge in [0.1, 0.15) is 23.2 Å². The molecular weight excluding hydrogens is 782 g/mol. The number of aliphatic carboxylic acids is 1. The number of carboxylic acids is 1. The molecule has 50 heavy (non-hydrogen) atoms. The van der Waals surface area contributed by atoms with Crippen molar-refractivity contribution in [2.24, 2.45) is 0 Å². The number of likely N-dealkylation sites (tertiary alicyclic amines) is 1. The van der Waals surface area contributed by atoms with Gasteiger partial charge in [-0.05, 0) is 95.2 Å². The molecule has 4 N–H and O–H groups in total. The number of phenols is 1. The number of piperidine rings is 1. The number of phenolic OH excluding ortho intramolecular Hbond substituents is 1. The van der Waals surface area contributed by atoms with E-state index in [9.17, 15) is 38.6 Å². The second-order valence-corrected chi connectivity index (χ2v) is 13.7. The second-order valence-electron chi connectivity index (χ2n) is 12.1. The van der Waals surface area contributed by atoms with Crippen molar-refractivity contribution in [1.82, 2.24) is 15.5 Å². The SMILES string of the molecule is O=C(CCC(=O)OC1(c2ccc(Cl)cc2)CCN(CCCC(=O)c2ccc(F)cc2)CC1)NCC(=O)N[C@@H](Cc1ccc(O)c([125I])c1)C(=O)O. The zero-order valence-electron chi connectivity index (χ0n) is 27.1. The van der Waals surface area contributed by atoms with Crippen LogP contribution in [0.5, 0.6) is 5.75 Å². The van der Waals surface area contributed by atoms with Crippen LogP contribution in [-0.2, 0) is 35.9 Å². The Hall–Kier alpha value is -4.08. The summed E-state index contributed by atoms with van der Waals surface area (Å²) in [7, 11) is 0. The highest BCUT2D eigenvalue weighted by Gasteiger charge is 2.40. The number of amides is 2. The minimum atomic E-state index is -1.26. The van der Waals surface area contributed by atoms with Crippen LogP contribution in [0.2, 0.25) is 5.02 Å². The molecule has 0 aliphatic carbocycles. The Balaban J connectivity index is 1.24. The number of carbonyl (C=O) groups is 5. The number of aromatic hydroxyl groups is 1. The van der Waals surface area contributed by atoms with Crippen molar-refractivity contribution < 1.29 is 43.3 Å². The Kier molecular flexibility index (Phi) is 14.1. The first-order valence-electron chi connectivity index (χ1n) is 16.1. The summed E-state index contributed by atoms with van der Waals surface area (Å²) in [5.41, 5.74) is 0.899. The van der Waals surface area contributed by atoms with E-state index in [-0.39, 0.29) is 30.8 Å². The van der Waals surface area contributed by atoms with Crippen LogP contribution < -0.4 is 10.6 Å². The fourth-order valence-electron chi connectivity index (χ4n) is 5.69. The number of carboxylic acid groups (broad SMARTS) is 1. The zero-order valence-corrected chi connectivity index (χ0v) is 30.0. The van der Waals surface area contributed by atoms with Gasteiger partial charge in [0.25, 0.3) is 0 Å². The van der Waals surface area contributed by atoms with Crippen molar-refractivity contribution in [2.75, 3.05) is 26.2 Å². The van der Waals surface area contributed by atoms with Crippen LogP contribution >= 0.6 is 34.2 Å². The second kappa shape index (κ2) is 18.2. The van der Waals surface area contributed by atoms with E-state index in [1.807, 2.05) is 34.7 Å². The lowest BCUT2D eigenvalue weighted by Gasteiger charge is -2.41. The lowest BCUT2D eigenvalue weighted by Crippen LogP contribution is -2.46. The topological polar surface area (TPSA) is 162 Å². The summed E-state index contributed by atoms with van der Waals surface area (Å²) in [5.74, 6) is -3.53. The number of halogens is 3. The highest BCUT2D eigenvalue weighted by atomic mass is 125. The molecule has 3 aromatic carbocycles. The molecule has 0 saturated carbocycles. The fraction of sp³-hybridized carbons (Fsp3) is 0.361. The number of Topliss-reactive ketones (excluding diaryl/α,β-unsaturated/α-hetero) is 1. The number of rotatable bonds is 16. The maximum atomic E-state index is 13.2. The Morgan fingerprint density at radius 3 is 2.26 bits per heavy atom. The number of nitrogens with zero attached hydrogens (tertiary/aromatic N) is 1. The molecule has 0 unspecified atom stereocenters. The Labute approximate surface area is 307 Å². The van der Waals surface area contributed by atoms with Crippen LogP contribution in [0, 0.1) is 9.39 Å². The maximum Gasteiger partial charge on any atom is 0.326 e. The average molecular weight is 820 g/mol. The predicted octanol–water partition coefficient (Wildman–Crippen LogP) is 5.00. The molecule has 0 radical (unpaired) electrons. The smallest absolute Gasteiger partial charge is 0.326 e. The van der Waals surface area contributed by atoms with E-state index in [0.717, 1.165) is 5.56 Å². The van der Waals surface area contributed by atoms with Gasteiger partial charge in [0.05, 0.1) is 16.5 Å². The van der Waals surface area contributed by atoms with Gasteiger partial charge in [0.2, 0.25) is 11.8 Å². The highest BCUT2D eigenvalue weighted by Crippen LogP contribution is 2.38. The molecule has 1 aliphatic heterocycles. The number of ketones is 1. The third-order valence-corrected chi connectivity index (χ3v) is 9.59. The number of hydrogen-bond acceptors (Lipinski definition) is 8. The van der Waals surface area contributed by atoms with Crippen molar-refractivity contribution in [3.05, 3.63) is 97.8 Å². The van der Waals surface area contributed by atoms with Crippen molar-refractivity contribution in [3.8, 4) is 5.75 Å². The molecule has 4 rings (SSSR count). The number of ether oxygens (including phenoxy) is 1. The molecule has 2 amide bonds. The van der Waals surface area contributed by atoms with Crippen LogP contribution in [0.25, 0.3) is 0 Å². The van der Waals surface area contributed by atoms with Gasteiger partial charge in [-0.1, -0.05) is 29.8 Å². The minimum Gasteiger partial charge on any atom is -0.507 e. The molecular formula is C36H38ClFIN3O8. The quantitative estimate of drug-likeness (QED) is 0.0887. The summed E-state index contributed by atoms with van der Waals surface area (Å²) >= 11 is 8.03. The molecule has 14 heteroatoms. The third-order valence-electron chi connectivity index (χ3n) is 8.48. The largest absolute Gasteiger partial charge is 0.507 e. The maximum absolute atomic E-state index is 13.2. The van der Waals surface area contributed by atoms with Crippen molar-refractivity contribution in [3.63, 3.8) is 0 Å². The van der Waals surface area contributed by atoms with E-state index in [1.165, 1.54) is 30.3 Å². The summed E-state index contributed by atoms with van der Waals surface area (Å²) in [5, 5.41) is 24.6. The van der Waals surface area contributed by atoms with E-state index in [1.54, 1.807) is 24.3 Å². The van der Waals surface area contributed by atoms with E-state index in [4.69, 9.17) is 16.3 Å². The fourth-order valence-corrected chi connectivity index (χ4v) is 6.40. The molecule has 0 aromatic heterocycles. The lowest BCUT2D eigenvalue weighted by molar-refractivity contribution is -0.167. The molecule has 3 aromatic rings. The Bertz CT molecular complexity index is 1680. The minimum absolute atomic E-state index is 0.0263. The zero-order chi connectivity index (χ0) is 36.3. The standard InChI is InChI=1S/C36H38ClFIN3O8/c37-26-8-6-25(7-9-26)36(15-18-42(19-16-36)17-1-2-30(43)24-4-10-27(38)11-5-24)50-34(47)14-13-32(45)40-22-33(46)41-29(35(48)49)21-23-3-12-31(44)28(39)20-23/h3-12,20,29,44H,1-2,13-19,21-22H2,(H,40,45)(H,41,46)(H,48,49)/t29-/m0/s1/i39-2. The van der Waals surface area contributed by atoms with E-state index in [2.05, 4.69) is 15.5 Å². The third kappa shape index (κ3) is 11.5. The molecule has 0 bridgehead atoms. The molecule has 1 heterocycles. The van der Waals surface area contributed by atoms with Crippen LogP contribution in [0.4, 0.5) is 4.39 Å². The van der Waals surface area contributed by atoms with E-state index < -0.39 is 47.8 Å². The summed E-state index contributed by atoms with van der Waals surface area (Å²) in [6, 6.07) is 15.9. The van der Waals surface area contributed by atoms with Crippen LogP contribution in [0.15, 0.2) is 66.7 Å². The first-order chi connectivity index (χ1) is 23.8. The van der Waals surface area contributed by atoms with Gasteiger partial charge in [-0.2, -0.15) is 0 Å². The molecule has 11 nitrogen and oxygen atoms in total. The number of hydrogen-bond donors (Lipinski definition) is 4. The summed E-state index contributed by atoms with van der Waals surface area (Å²) in [6.07, 6.45) is 1.38. The number of esters is 1. The van der Waals surface area contributed by atoms with Gasteiger partial charge >= 0.3 is 11.9 Å². The lowest BCUT2D eigenvalue weighted by atomic mass is 9.84. The Morgan fingerprint density at radius 2 is 1.62 bits per heavy atom.